The molecule has 0 unspecified atom stereocenters. The molecule has 2 nitrogen and oxygen atoms in total. The number of anilines is 1. The monoisotopic (exact) mass is 177 g/mol. The summed E-state index contributed by atoms with van der Waals surface area (Å²) in [5, 5.41) is 0. The Kier molecular flexibility index (Phi) is 4.52. The van der Waals surface area contributed by atoms with Crippen LogP contribution in [0.4, 0.5) is 5.69 Å². The minimum atomic E-state index is 0.808. The molecule has 1 aromatic rings. The van der Waals surface area contributed by atoms with Crippen molar-refractivity contribution in [3.8, 4) is 0 Å². The van der Waals surface area contributed by atoms with Crippen molar-refractivity contribution < 1.29 is 4.79 Å². The van der Waals surface area contributed by atoms with Crippen molar-refractivity contribution in [1.29, 1.82) is 0 Å². The van der Waals surface area contributed by atoms with Crippen molar-refractivity contribution in [2.45, 2.75) is 13.8 Å². The van der Waals surface area contributed by atoms with Crippen LogP contribution in [0.5, 0.6) is 0 Å². The number of benzene rings is 1. The molecule has 0 saturated carbocycles. The number of carbonyl (C=O) groups is 1. The van der Waals surface area contributed by atoms with Crippen LogP contribution in [-0.4, -0.2) is 6.79 Å². The molecule has 0 amide bonds. The van der Waals surface area contributed by atoms with Gasteiger partial charge in [0.25, 0.3) is 0 Å². The van der Waals surface area contributed by atoms with E-state index in [0.717, 1.165) is 16.8 Å². The van der Waals surface area contributed by atoms with Gasteiger partial charge >= 0.3 is 0 Å². The fraction of sp³-hybridized carbons (Fsp3) is 0.182. The molecule has 0 spiro atoms. The lowest BCUT2D eigenvalue weighted by atomic mass is 10.0. The van der Waals surface area contributed by atoms with Crippen LogP contribution in [0.1, 0.15) is 18.1 Å². The Morgan fingerprint density at radius 3 is 2.31 bits per heavy atom. The highest BCUT2D eigenvalue weighted by atomic mass is 16.1. The van der Waals surface area contributed by atoms with Crippen molar-refractivity contribution in [2.24, 2.45) is 0 Å². The molecule has 0 heterocycles. The van der Waals surface area contributed by atoms with Gasteiger partial charge in [-0.2, -0.15) is 0 Å². The Morgan fingerprint density at radius 2 is 1.92 bits per heavy atom. The van der Waals surface area contributed by atoms with Crippen LogP contribution in [0.15, 0.2) is 24.8 Å². The first-order valence-corrected chi connectivity index (χ1v) is 3.92. The van der Waals surface area contributed by atoms with Gasteiger partial charge in [0.2, 0.25) is 0 Å². The summed E-state index contributed by atoms with van der Waals surface area (Å²) in [6, 6.07) is 5.97. The van der Waals surface area contributed by atoms with Crippen molar-refractivity contribution in [3.63, 3.8) is 0 Å². The van der Waals surface area contributed by atoms with Crippen LogP contribution in [0.2, 0.25) is 0 Å². The van der Waals surface area contributed by atoms with Gasteiger partial charge in [-0.15, -0.1) is 0 Å². The summed E-state index contributed by atoms with van der Waals surface area (Å²) >= 11 is 0. The predicted octanol–water partition coefficient (Wildman–Crippen LogP) is 2.43. The highest BCUT2D eigenvalue weighted by Crippen LogP contribution is 2.20. The second-order valence-corrected chi connectivity index (χ2v) is 2.87. The lowest BCUT2D eigenvalue weighted by Gasteiger charge is -2.04. The normalized spacial score (nSPS) is 8.46. The van der Waals surface area contributed by atoms with E-state index in [1.54, 1.807) is 0 Å². The van der Waals surface area contributed by atoms with Crippen molar-refractivity contribution in [3.05, 3.63) is 35.9 Å². The van der Waals surface area contributed by atoms with Gasteiger partial charge < -0.3 is 10.5 Å². The van der Waals surface area contributed by atoms with Gasteiger partial charge in [-0.1, -0.05) is 18.2 Å². The minimum absolute atomic E-state index is 0.808. The molecule has 0 bridgehead atoms. The summed E-state index contributed by atoms with van der Waals surface area (Å²) in [7, 11) is 0. The maximum atomic E-state index is 8.00. The van der Waals surface area contributed by atoms with Gasteiger partial charge in [-0.3, -0.25) is 0 Å². The summed E-state index contributed by atoms with van der Waals surface area (Å²) in [5.41, 5.74) is 9.84. The lowest BCUT2D eigenvalue weighted by Crippen LogP contribution is -1.91. The first kappa shape index (κ1) is 11.4. The molecule has 0 saturated heterocycles. The van der Waals surface area contributed by atoms with Gasteiger partial charge in [-0.05, 0) is 37.1 Å². The highest BCUT2D eigenvalue weighted by Gasteiger charge is 1.98. The molecule has 0 aliphatic rings. The summed E-state index contributed by atoms with van der Waals surface area (Å²) in [4.78, 5) is 8.00. The number of allylic oxidation sites excluding steroid dienone is 1. The lowest BCUT2D eigenvalue weighted by molar-refractivity contribution is -0.0979. The Hall–Kier alpha value is -1.57. The topological polar surface area (TPSA) is 43.1 Å². The van der Waals surface area contributed by atoms with Gasteiger partial charge in [0.1, 0.15) is 6.79 Å². The summed E-state index contributed by atoms with van der Waals surface area (Å²) in [6.07, 6.45) is 0. The number of aryl methyl sites for hydroxylation is 1. The van der Waals surface area contributed by atoms with Crippen LogP contribution in [0.3, 0.4) is 0 Å². The molecule has 13 heavy (non-hydrogen) atoms. The van der Waals surface area contributed by atoms with Crippen LogP contribution in [0, 0.1) is 6.92 Å². The molecule has 2 N–H and O–H groups in total. The Bertz CT molecular complexity index is 305. The van der Waals surface area contributed by atoms with Gasteiger partial charge in [-0.25, -0.2) is 0 Å². The number of hydrogen-bond donors (Lipinski definition) is 1. The molecule has 0 aliphatic carbocycles. The second kappa shape index (κ2) is 5.14. The van der Waals surface area contributed by atoms with Gasteiger partial charge in [0, 0.05) is 5.69 Å². The smallest absolute Gasteiger partial charge is 0.106 e. The van der Waals surface area contributed by atoms with Crippen LogP contribution >= 0.6 is 0 Å². The molecule has 2 heteroatoms. The molecule has 70 valence electrons. The largest absolute Gasteiger partial charge is 0.398 e. The summed E-state index contributed by atoms with van der Waals surface area (Å²) in [5.74, 6) is 0. The number of nitrogens with two attached hydrogens (primary N) is 1. The Morgan fingerprint density at radius 1 is 1.38 bits per heavy atom. The number of carbonyl (C=O) groups excluding carboxylic acids is 1. The van der Waals surface area contributed by atoms with E-state index < -0.39 is 0 Å². The molecule has 0 aliphatic heterocycles. The molecule has 1 rings (SSSR count). The Balaban J connectivity index is 0.000000671. The van der Waals surface area contributed by atoms with E-state index in [-0.39, 0.29) is 0 Å². The molecule has 0 radical (unpaired) electrons. The van der Waals surface area contributed by atoms with Gasteiger partial charge in [0.15, 0.2) is 0 Å². The van der Waals surface area contributed by atoms with E-state index in [9.17, 15) is 0 Å². The molecular weight excluding hydrogens is 162 g/mol. The van der Waals surface area contributed by atoms with E-state index in [4.69, 9.17) is 10.5 Å². The predicted molar refractivity (Wildman–Crippen MR) is 57.4 cm³/mol. The SMILES string of the molecule is C=C(C)c1cc(C)ccc1N.C=O. The van der Waals surface area contributed by atoms with E-state index in [1.165, 1.54) is 5.56 Å². The third kappa shape index (κ3) is 3.11. The molecule has 0 fully saturated rings. The van der Waals surface area contributed by atoms with Crippen molar-refractivity contribution in [2.75, 3.05) is 5.73 Å². The summed E-state index contributed by atoms with van der Waals surface area (Å²) in [6.45, 7) is 9.86. The fourth-order valence-corrected chi connectivity index (χ4v) is 1.04. The van der Waals surface area contributed by atoms with E-state index >= 15 is 0 Å². The van der Waals surface area contributed by atoms with E-state index in [2.05, 4.69) is 12.6 Å². The zero-order valence-corrected chi connectivity index (χ0v) is 8.13. The van der Waals surface area contributed by atoms with Crippen LogP contribution < -0.4 is 5.73 Å². The van der Waals surface area contributed by atoms with E-state index in [0.29, 0.717) is 0 Å². The summed E-state index contributed by atoms with van der Waals surface area (Å²) < 4.78 is 0. The third-order valence-corrected chi connectivity index (χ3v) is 1.67. The molecule has 1 aromatic carbocycles. The average molecular weight is 177 g/mol. The quantitative estimate of drug-likeness (QED) is 0.669. The Labute approximate surface area is 79.1 Å². The first-order chi connectivity index (χ1) is 6.11. The van der Waals surface area contributed by atoms with Crippen LogP contribution in [-0.2, 0) is 4.79 Å². The maximum absolute atomic E-state index is 8.00. The van der Waals surface area contributed by atoms with Crippen molar-refractivity contribution in [1.82, 2.24) is 0 Å². The number of hydrogen-bond acceptors (Lipinski definition) is 2. The second-order valence-electron chi connectivity index (χ2n) is 2.87. The molecule has 0 aromatic heterocycles. The molecule has 0 atom stereocenters. The first-order valence-electron chi connectivity index (χ1n) is 3.92. The fourth-order valence-electron chi connectivity index (χ4n) is 1.04. The maximum Gasteiger partial charge on any atom is 0.106 e. The molecular formula is C11H15NO. The minimum Gasteiger partial charge on any atom is -0.398 e. The van der Waals surface area contributed by atoms with Crippen LogP contribution in [0.25, 0.3) is 5.57 Å². The highest BCUT2D eigenvalue weighted by molar-refractivity contribution is 5.72. The zero-order valence-electron chi connectivity index (χ0n) is 8.13. The van der Waals surface area contributed by atoms with Crippen molar-refractivity contribution >= 4 is 18.0 Å². The number of rotatable bonds is 1. The standard InChI is InChI=1S/C10H13N.CH2O/c1-7(2)9-6-8(3)4-5-10(9)11;1-2/h4-6H,1,11H2,2-3H3;1H2. The zero-order chi connectivity index (χ0) is 10.4. The number of nitrogen functional groups attached to an aromatic ring is 1. The average Bonchev–Trinajstić information content (AvgIpc) is 2.12. The third-order valence-electron chi connectivity index (χ3n) is 1.67. The van der Waals surface area contributed by atoms with Gasteiger partial charge in [0.05, 0.1) is 0 Å². The van der Waals surface area contributed by atoms with E-state index in [1.807, 2.05) is 32.8 Å².